The van der Waals surface area contributed by atoms with Gasteiger partial charge >= 0.3 is 0 Å². The molecule has 0 amide bonds. The van der Waals surface area contributed by atoms with Gasteiger partial charge in [-0.2, -0.15) is 0 Å². The summed E-state index contributed by atoms with van der Waals surface area (Å²) in [6, 6.07) is 5.47. The van der Waals surface area contributed by atoms with Crippen LogP contribution < -0.4 is 0 Å². The lowest BCUT2D eigenvalue weighted by atomic mass is 10.1. The van der Waals surface area contributed by atoms with E-state index in [9.17, 15) is 0 Å². The lowest BCUT2D eigenvalue weighted by Crippen LogP contribution is -2.27. The molecule has 0 aromatic heterocycles. The Morgan fingerprint density at radius 1 is 1.11 bits per heavy atom. The number of alkyl halides is 1. The van der Waals surface area contributed by atoms with Crippen LogP contribution in [0.5, 0.6) is 0 Å². The minimum Gasteiger partial charge on any atom is -0.294 e. The van der Waals surface area contributed by atoms with Gasteiger partial charge in [0.2, 0.25) is 0 Å². The number of halogens is 3. The highest BCUT2D eigenvalue weighted by Gasteiger charge is 2.13. The Balaban J connectivity index is 2.72. The molecule has 18 heavy (non-hydrogen) atoms. The van der Waals surface area contributed by atoms with Crippen molar-refractivity contribution in [1.29, 1.82) is 0 Å². The van der Waals surface area contributed by atoms with E-state index < -0.39 is 0 Å². The monoisotopic (exact) mass is 303 g/mol. The van der Waals surface area contributed by atoms with Crippen molar-refractivity contribution in [2.24, 2.45) is 0 Å². The van der Waals surface area contributed by atoms with Crippen LogP contribution in [0.4, 0.5) is 0 Å². The number of benzene rings is 1. The molecule has 0 aliphatic heterocycles. The van der Waals surface area contributed by atoms with Crippen molar-refractivity contribution in [3.8, 4) is 0 Å². The Kier molecular flexibility index (Phi) is 6.80. The Morgan fingerprint density at radius 3 is 2.22 bits per heavy atom. The van der Waals surface area contributed by atoms with Gasteiger partial charge in [-0.3, -0.25) is 4.90 Å². The van der Waals surface area contributed by atoms with Crippen molar-refractivity contribution in [1.82, 2.24) is 4.90 Å². The van der Waals surface area contributed by atoms with Crippen LogP contribution in [-0.4, -0.2) is 24.5 Å². The van der Waals surface area contributed by atoms with Crippen LogP contribution in [0.15, 0.2) is 43.5 Å². The summed E-state index contributed by atoms with van der Waals surface area (Å²) < 4.78 is 0. The van der Waals surface area contributed by atoms with Gasteiger partial charge in [-0.05, 0) is 17.7 Å². The average molecular weight is 305 g/mol. The van der Waals surface area contributed by atoms with Crippen LogP contribution in [0.2, 0.25) is 10.0 Å². The molecule has 1 rings (SSSR count). The minimum absolute atomic E-state index is 0.139. The van der Waals surface area contributed by atoms with Gasteiger partial charge in [0.15, 0.2) is 0 Å². The third-order valence-corrected chi connectivity index (χ3v) is 3.63. The maximum Gasteiger partial charge on any atom is 0.0713 e. The average Bonchev–Trinajstić information content (AvgIpc) is 2.33. The maximum atomic E-state index is 6.38. The Labute approximate surface area is 124 Å². The topological polar surface area (TPSA) is 3.24 Å². The predicted octanol–water partition coefficient (Wildman–Crippen LogP) is 4.95. The van der Waals surface area contributed by atoms with Gasteiger partial charge in [-0.15, -0.1) is 24.8 Å². The largest absolute Gasteiger partial charge is 0.294 e. The molecular weight excluding hydrogens is 289 g/mol. The first kappa shape index (κ1) is 15.6. The standard InChI is InChI=1S/C14H16Cl3N/c1-3-7-18(8-4-2)10-14(17)11-5-6-12(15)13(16)9-11/h3-6,9,14H,1-2,7-8,10H2. The van der Waals surface area contributed by atoms with E-state index in [0.29, 0.717) is 16.6 Å². The van der Waals surface area contributed by atoms with E-state index >= 15 is 0 Å². The summed E-state index contributed by atoms with van der Waals surface area (Å²) in [5, 5.41) is 0.928. The first-order valence-corrected chi connectivity index (χ1v) is 6.81. The normalized spacial score (nSPS) is 12.4. The second-order valence-electron chi connectivity index (χ2n) is 3.94. The van der Waals surface area contributed by atoms with Gasteiger partial charge in [0, 0.05) is 19.6 Å². The van der Waals surface area contributed by atoms with Crippen molar-refractivity contribution in [2.45, 2.75) is 5.38 Å². The molecule has 1 aromatic rings. The molecule has 4 heteroatoms. The van der Waals surface area contributed by atoms with Gasteiger partial charge in [0.1, 0.15) is 0 Å². The zero-order chi connectivity index (χ0) is 13.5. The Bertz CT molecular complexity index is 408. The molecule has 1 nitrogen and oxygen atoms in total. The molecular formula is C14H16Cl3N. The molecule has 0 fully saturated rings. The Morgan fingerprint density at radius 2 is 1.72 bits per heavy atom. The zero-order valence-electron chi connectivity index (χ0n) is 10.1. The molecule has 0 saturated heterocycles. The van der Waals surface area contributed by atoms with Crippen LogP contribution in [0.25, 0.3) is 0 Å². The lowest BCUT2D eigenvalue weighted by molar-refractivity contribution is 0.335. The fourth-order valence-electron chi connectivity index (χ4n) is 1.63. The summed E-state index contributed by atoms with van der Waals surface area (Å²) in [4.78, 5) is 2.15. The molecule has 0 heterocycles. The van der Waals surface area contributed by atoms with Crippen LogP contribution in [0.3, 0.4) is 0 Å². The smallest absolute Gasteiger partial charge is 0.0713 e. The molecule has 0 N–H and O–H groups in total. The molecule has 0 aliphatic rings. The van der Waals surface area contributed by atoms with Crippen molar-refractivity contribution in [2.75, 3.05) is 19.6 Å². The second kappa shape index (κ2) is 7.85. The summed E-state index contributed by atoms with van der Waals surface area (Å²) >= 11 is 18.2. The van der Waals surface area contributed by atoms with Crippen LogP contribution in [-0.2, 0) is 0 Å². The summed E-state index contributed by atoms with van der Waals surface area (Å²) in [6.07, 6.45) is 3.70. The molecule has 0 aliphatic carbocycles. The highest BCUT2D eigenvalue weighted by molar-refractivity contribution is 6.42. The van der Waals surface area contributed by atoms with Gasteiger partial charge in [-0.25, -0.2) is 0 Å². The highest BCUT2D eigenvalue weighted by atomic mass is 35.5. The van der Waals surface area contributed by atoms with Crippen molar-refractivity contribution < 1.29 is 0 Å². The van der Waals surface area contributed by atoms with Crippen molar-refractivity contribution in [3.05, 3.63) is 59.1 Å². The van der Waals surface area contributed by atoms with Gasteiger partial charge in [0.25, 0.3) is 0 Å². The van der Waals surface area contributed by atoms with E-state index in [-0.39, 0.29) is 5.38 Å². The molecule has 0 radical (unpaired) electrons. The molecule has 0 spiro atoms. The fourth-order valence-corrected chi connectivity index (χ4v) is 2.27. The first-order valence-electron chi connectivity index (χ1n) is 5.61. The summed E-state index contributed by atoms with van der Waals surface area (Å²) in [6.45, 7) is 9.72. The second-order valence-corrected chi connectivity index (χ2v) is 5.28. The van der Waals surface area contributed by atoms with Gasteiger partial charge in [-0.1, -0.05) is 41.4 Å². The van der Waals surface area contributed by atoms with Crippen LogP contribution in [0, 0.1) is 0 Å². The zero-order valence-corrected chi connectivity index (χ0v) is 12.3. The van der Waals surface area contributed by atoms with E-state index in [2.05, 4.69) is 18.1 Å². The lowest BCUT2D eigenvalue weighted by Gasteiger charge is -2.22. The quantitative estimate of drug-likeness (QED) is 0.509. The summed E-state index contributed by atoms with van der Waals surface area (Å²) in [7, 11) is 0. The summed E-state index contributed by atoms with van der Waals surface area (Å²) in [5.74, 6) is 0. The number of nitrogens with zero attached hydrogens (tertiary/aromatic N) is 1. The molecule has 0 bridgehead atoms. The third-order valence-electron chi connectivity index (χ3n) is 2.50. The van der Waals surface area contributed by atoms with E-state index in [1.54, 1.807) is 6.07 Å². The van der Waals surface area contributed by atoms with Crippen molar-refractivity contribution >= 4 is 34.8 Å². The molecule has 0 saturated carbocycles. The number of hydrogen-bond donors (Lipinski definition) is 0. The minimum atomic E-state index is -0.139. The summed E-state index contributed by atoms with van der Waals surface area (Å²) in [5.41, 5.74) is 0.962. The van der Waals surface area contributed by atoms with E-state index in [1.165, 1.54) is 0 Å². The molecule has 1 aromatic carbocycles. The van der Waals surface area contributed by atoms with Gasteiger partial charge in [0.05, 0.1) is 15.4 Å². The van der Waals surface area contributed by atoms with Crippen LogP contribution in [0.1, 0.15) is 10.9 Å². The maximum absolute atomic E-state index is 6.38. The predicted molar refractivity (Wildman–Crippen MR) is 81.9 cm³/mol. The van der Waals surface area contributed by atoms with E-state index in [1.807, 2.05) is 24.3 Å². The highest BCUT2D eigenvalue weighted by Crippen LogP contribution is 2.29. The van der Waals surface area contributed by atoms with Gasteiger partial charge < -0.3 is 0 Å². The fraction of sp³-hybridized carbons (Fsp3) is 0.286. The Hall–Kier alpha value is -0.470. The van der Waals surface area contributed by atoms with E-state index in [0.717, 1.165) is 18.7 Å². The number of hydrogen-bond acceptors (Lipinski definition) is 1. The van der Waals surface area contributed by atoms with Crippen LogP contribution >= 0.6 is 34.8 Å². The third kappa shape index (κ3) is 4.66. The molecule has 1 unspecified atom stereocenters. The van der Waals surface area contributed by atoms with Crippen molar-refractivity contribution in [3.63, 3.8) is 0 Å². The SMILES string of the molecule is C=CCN(CC=C)CC(Cl)c1ccc(Cl)c(Cl)c1. The first-order chi connectivity index (χ1) is 8.58. The number of rotatable bonds is 7. The molecule has 1 atom stereocenters. The van der Waals surface area contributed by atoms with E-state index in [4.69, 9.17) is 34.8 Å². The molecule has 98 valence electrons.